The van der Waals surface area contributed by atoms with Crippen molar-refractivity contribution >= 4 is 34.3 Å². The predicted molar refractivity (Wildman–Crippen MR) is 139 cm³/mol. The van der Waals surface area contributed by atoms with E-state index in [9.17, 15) is 9.90 Å². The first-order chi connectivity index (χ1) is 16.8. The maximum atomic E-state index is 10.9. The number of hydrogen-bond acceptors (Lipinski definition) is 5. The van der Waals surface area contributed by atoms with Gasteiger partial charge >= 0.3 is 5.97 Å². The lowest BCUT2D eigenvalue weighted by molar-refractivity contribution is -0.150. The van der Waals surface area contributed by atoms with Crippen molar-refractivity contribution in [2.24, 2.45) is 11.3 Å². The summed E-state index contributed by atoms with van der Waals surface area (Å²) in [6.45, 7) is 7.06. The van der Waals surface area contributed by atoms with Crippen LogP contribution in [0.15, 0.2) is 36.4 Å². The van der Waals surface area contributed by atoms with Gasteiger partial charge in [-0.15, -0.1) is 0 Å². The lowest BCUT2D eigenvalue weighted by atomic mass is 9.71. The Morgan fingerprint density at radius 1 is 1.11 bits per heavy atom. The molecule has 0 bridgehead atoms. The van der Waals surface area contributed by atoms with Crippen LogP contribution >= 0.6 is 11.6 Å². The van der Waals surface area contributed by atoms with E-state index in [1.54, 1.807) is 12.1 Å². The molecule has 35 heavy (non-hydrogen) atoms. The summed E-state index contributed by atoms with van der Waals surface area (Å²) in [6, 6.07) is 11.6. The fourth-order valence-electron chi connectivity index (χ4n) is 4.87. The quantitative estimate of drug-likeness (QED) is 0.401. The number of anilines is 1. The Morgan fingerprint density at radius 2 is 1.77 bits per heavy atom. The summed E-state index contributed by atoms with van der Waals surface area (Å²) in [5, 5.41) is 19.1. The number of fused-ring (bicyclic) bond motifs is 1. The summed E-state index contributed by atoms with van der Waals surface area (Å²) in [6.07, 6.45) is 5.90. The number of aromatic nitrogens is 2. The SMILES string of the molecule is CC(C)(C(=O)O)C1CCCCC1.Oc1cc2nc(-c3ccc(N4CCOCC4)cc3)c(Cl)cc2[nH]1. The number of pyridine rings is 1. The van der Waals surface area contributed by atoms with Crippen LogP contribution in [-0.2, 0) is 9.53 Å². The average Bonchev–Trinajstić information content (AvgIpc) is 3.23. The van der Waals surface area contributed by atoms with Gasteiger partial charge in [0.1, 0.15) is 0 Å². The Hall–Kier alpha value is -2.77. The topological polar surface area (TPSA) is 98.7 Å². The molecule has 1 saturated heterocycles. The number of halogens is 1. The molecule has 5 rings (SSSR count). The van der Waals surface area contributed by atoms with Gasteiger partial charge < -0.3 is 24.8 Å². The van der Waals surface area contributed by atoms with Crippen molar-refractivity contribution in [3.05, 3.63) is 41.4 Å². The number of carboxylic acids is 1. The molecule has 1 aliphatic heterocycles. The number of aromatic hydroxyl groups is 1. The third kappa shape index (κ3) is 5.90. The summed E-state index contributed by atoms with van der Waals surface area (Å²) in [5.74, 6) is -0.165. The Kier molecular flexibility index (Phi) is 7.87. The molecule has 0 amide bonds. The fourth-order valence-corrected chi connectivity index (χ4v) is 5.13. The lowest BCUT2D eigenvalue weighted by Gasteiger charge is -2.33. The molecule has 0 atom stereocenters. The van der Waals surface area contributed by atoms with Crippen molar-refractivity contribution in [2.45, 2.75) is 46.0 Å². The van der Waals surface area contributed by atoms with Crippen molar-refractivity contribution in [2.75, 3.05) is 31.2 Å². The van der Waals surface area contributed by atoms with Gasteiger partial charge in [0, 0.05) is 30.4 Å². The highest BCUT2D eigenvalue weighted by Crippen LogP contribution is 2.38. The molecule has 3 N–H and O–H groups in total. The Labute approximate surface area is 211 Å². The van der Waals surface area contributed by atoms with Crippen molar-refractivity contribution in [3.63, 3.8) is 0 Å². The van der Waals surface area contributed by atoms with Crippen molar-refractivity contribution in [3.8, 4) is 17.1 Å². The van der Waals surface area contributed by atoms with E-state index in [1.807, 2.05) is 26.0 Å². The second-order valence-electron chi connectivity index (χ2n) is 9.91. The molecule has 2 aliphatic rings. The van der Waals surface area contributed by atoms with E-state index in [4.69, 9.17) is 21.4 Å². The third-order valence-corrected chi connectivity index (χ3v) is 7.52. The zero-order valence-electron chi connectivity index (χ0n) is 20.4. The molecule has 3 heterocycles. The first kappa shape index (κ1) is 25.3. The molecule has 7 nitrogen and oxygen atoms in total. The number of ether oxygens (including phenoxy) is 1. The summed E-state index contributed by atoms with van der Waals surface area (Å²) in [5.41, 5.74) is 3.75. The van der Waals surface area contributed by atoms with Gasteiger partial charge in [-0.3, -0.25) is 4.79 Å². The number of carbonyl (C=O) groups is 1. The summed E-state index contributed by atoms with van der Waals surface area (Å²) in [4.78, 5) is 20.6. The number of nitrogens with zero attached hydrogens (tertiary/aromatic N) is 2. The molecule has 2 fully saturated rings. The molecule has 0 unspecified atom stereocenters. The van der Waals surface area contributed by atoms with Crippen LogP contribution < -0.4 is 4.90 Å². The number of H-pyrrole nitrogens is 1. The number of hydrogen-bond donors (Lipinski definition) is 3. The van der Waals surface area contributed by atoms with Crippen LogP contribution in [0.4, 0.5) is 5.69 Å². The smallest absolute Gasteiger partial charge is 0.309 e. The number of benzene rings is 1. The third-order valence-electron chi connectivity index (χ3n) is 7.24. The lowest BCUT2D eigenvalue weighted by Crippen LogP contribution is -2.36. The van der Waals surface area contributed by atoms with Gasteiger partial charge in [0.05, 0.1) is 40.4 Å². The van der Waals surface area contributed by atoms with Gasteiger partial charge in [-0.1, -0.05) is 43.0 Å². The molecule has 0 radical (unpaired) electrons. The van der Waals surface area contributed by atoms with E-state index in [2.05, 4.69) is 27.0 Å². The normalized spacial score (nSPS) is 17.2. The molecule has 1 aromatic carbocycles. The van der Waals surface area contributed by atoms with E-state index in [-0.39, 0.29) is 5.88 Å². The van der Waals surface area contributed by atoms with E-state index in [1.165, 1.54) is 24.9 Å². The Bertz CT molecular complexity index is 1150. The highest BCUT2D eigenvalue weighted by molar-refractivity contribution is 6.33. The minimum absolute atomic E-state index is 0.0865. The van der Waals surface area contributed by atoms with Crippen molar-refractivity contribution in [1.82, 2.24) is 9.97 Å². The number of carboxylic acid groups (broad SMARTS) is 1. The minimum Gasteiger partial charge on any atom is -0.495 e. The van der Waals surface area contributed by atoms with Gasteiger partial charge in [-0.05, 0) is 50.8 Å². The number of aromatic amines is 1. The van der Waals surface area contributed by atoms with E-state index < -0.39 is 11.4 Å². The van der Waals surface area contributed by atoms with Crippen molar-refractivity contribution < 1.29 is 19.7 Å². The van der Waals surface area contributed by atoms with Gasteiger partial charge in [0.25, 0.3) is 0 Å². The summed E-state index contributed by atoms with van der Waals surface area (Å²) < 4.78 is 5.38. The maximum absolute atomic E-state index is 10.9. The van der Waals surface area contributed by atoms with Crippen LogP contribution in [0.5, 0.6) is 5.88 Å². The summed E-state index contributed by atoms with van der Waals surface area (Å²) in [7, 11) is 0. The average molecular weight is 500 g/mol. The van der Waals surface area contributed by atoms with Gasteiger partial charge in [0.15, 0.2) is 5.88 Å². The molecule has 2 aromatic heterocycles. The van der Waals surface area contributed by atoms with Crippen LogP contribution in [0.25, 0.3) is 22.3 Å². The number of nitrogens with one attached hydrogen (secondary N) is 1. The fraction of sp³-hybridized carbons (Fsp3) is 0.481. The Balaban J connectivity index is 0.000000204. The zero-order valence-corrected chi connectivity index (χ0v) is 21.1. The van der Waals surface area contributed by atoms with E-state index >= 15 is 0 Å². The molecule has 1 saturated carbocycles. The highest BCUT2D eigenvalue weighted by atomic mass is 35.5. The number of aliphatic carboxylic acids is 1. The molecule has 3 aromatic rings. The van der Waals surface area contributed by atoms with E-state index in [0.29, 0.717) is 22.2 Å². The standard InChI is InChI=1S/C17H16ClN3O2.C10H18O2/c18-13-9-14-15(10-16(22)19-14)20-17(13)11-1-3-12(4-2-11)21-5-7-23-8-6-21;1-10(2,9(11)12)8-6-4-3-5-7-8/h1-4,9-10,19,22H,5-8H2;8H,3-7H2,1-2H3,(H,11,12). The highest BCUT2D eigenvalue weighted by Gasteiger charge is 2.36. The molecular formula is C27H34ClN3O4. The van der Waals surface area contributed by atoms with Gasteiger partial charge in [-0.25, -0.2) is 4.98 Å². The molecular weight excluding hydrogens is 466 g/mol. The van der Waals surface area contributed by atoms with Crippen LogP contribution in [0.3, 0.4) is 0 Å². The number of rotatable bonds is 4. The molecule has 188 valence electrons. The molecule has 1 aliphatic carbocycles. The monoisotopic (exact) mass is 499 g/mol. The zero-order chi connectivity index (χ0) is 25.0. The Morgan fingerprint density at radius 3 is 2.40 bits per heavy atom. The number of morpholine rings is 1. The van der Waals surface area contributed by atoms with Crippen LogP contribution in [0.1, 0.15) is 46.0 Å². The van der Waals surface area contributed by atoms with Crippen LogP contribution in [0.2, 0.25) is 5.02 Å². The van der Waals surface area contributed by atoms with Gasteiger partial charge in [0.2, 0.25) is 0 Å². The predicted octanol–water partition coefficient (Wildman–Crippen LogP) is 6.10. The minimum atomic E-state index is -0.644. The second kappa shape index (κ2) is 10.9. The van der Waals surface area contributed by atoms with Crippen molar-refractivity contribution in [1.29, 1.82) is 0 Å². The first-order valence-corrected chi connectivity index (χ1v) is 12.7. The molecule has 8 heteroatoms. The maximum Gasteiger partial charge on any atom is 0.309 e. The van der Waals surface area contributed by atoms with Crippen LogP contribution in [0, 0.1) is 11.3 Å². The summed E-state index contributed by atoms with van der Waals surface area (Å²) >= 11 is 6.34. The van der Waals surface area contributed by atoms with Gasteiger partial charge in [-0.2, -0.15) is 0 Å². The second-order valence-corrected chi connectivity index (χ2v) is 10.3. The van der Waals surface area contributed by atoms with E-state index in [0.717, 1.165) is 50.2 Å². The largest absolute Gasteiger partial charge is 0.495 e. The molecule has 0 spiro atoms. The first-order valence-electron chi connectivity index (χ1n) is 12.3. The van der Waals surface area contributed by atoms with Crippen LogP contribution in [-0.4, -0.2) is 52.5 Å².